The lowest BCUT2D eigenvalue weighted by atomic mass is 9.96. The molecule has 264 valence electrons. The number of hydrogen-bond acceptors (Lipinski definition) is 17. The number of rotatable bonds is 15. The van der Waals surface area contributed by atoms with Crippen molar-refractivity contribution in [1.82, 2.24) is 29.9 Å². The summed E-state index contributed by atoms with van der Waals surface area (Å²) in [6, 6.07) is -2.49. The minimum atomic E-state index is -4.19. The summed E-state index contributed by atoms with van der Waals surface area (Å²) in [5, 5.41) is 27.4. The Hall–Kier alpha value is -3.26. The average molecular weight is 708 g/mol. The quantitative estimate of drug-likeness (QED) is 0.0978. The summed E-state index contributed by atoms with van der Waals surface area (Å²) in [6.07, 6.45) is -4.80. The molecule has 3 rings (SSSR count). The Kier molecular flexibility index (Phi) is 12.8. The van der Waals surface area contributed by atoms with Crippen LogP contribution < -0.4 is 20.9 Å². The van der Waals surface area contributed by atoms with Crippen LogP contribution in [0, 0.1) is 0 Å². The molecule has 0 saturated carbocycles. The number of hydrogen-bond donors (Lipinski definition) is 5. The zero-order valence-electron chi connectivity index (χ0n) is 27.2. The van der Waals surface area contributed by atoms with Crippen molar-refractivity contribution in [1.29, 1.82) is 0 Å². The van der Waals surface area contributed by atoms with Crippen LogP contribution in [-0.4, -0.2) is 116 Å². The zero-order valence-corrected chi connectivity index (χ0v) is 28.9. The molecule has 0 aliphatic carbocycles. The SMILES string of the molecule is COC(=O)NC(CS[P@](=O)(N[C@H](C)C(=O)OC(C)C)OC[C@H]1O[C@@H](n2cnc3c(OC)nc(N)nc32)[C@](C)(O)[C@@H]1O)C(=O)OC(C)C. The van der Waals surface area contributed by atoms with E-state index in [9.17, 15) is 29.2 Å². The third-order valence-electron chi connectivity index (χ3n) is 6.60. The van der Waals surface area contributed by atoms with Crippen LogP contribution in [0.5, 0.6) is 5.88 Å². The minimum absolute atomic E-state index is 0.0794. The van der Waals surface area contributed by atoms with Crippen molar-refractivity contribution in [3.8, 4) is 5.88 Å². The Labute approximate surface area is 274 Å². The van der Waals surface area contributed by atoms with E-state index in [0.717, 1.165) is 7.11 Å². The monoisotopic (exact) mass is 707 g/mol. The number of nitrogen functional groups attached to an aromatic ring is 1. The highest BCUT2D eigenvalue weighted by molar-refractivity contribution is 8.56. The van der Waals surface area contributed by atoms with Crippen LogP contribution in [0.15, 0.2) is 6.33 Å². The summed E-state index contributed by atoms with van der Waals surface area (Å²) in [7, 11) is 2.47. The molecular weight excluding hydrogens is 665 g/mol. The highest BCUT2D eigenvalue weighted by Crippen LogP contribution is 2.57. The number of aliphatic hydroxyl groups excluding tert-OH is 1. The number of ether oxygens (including phenoxy) is 5. The van der Waals surface area contributed by atoms with Gasteiger partial charge in [-0.2, -0.15) is 9.97 Å². The maximum absolute atomic E-state index is 14.2. The molecule has 1 aliphatic heterocycles. The Balaban J connectivity index is 1.86. The van der Waals surface area contributed by atoms with Gasteiger partial charge in [0.25, 0.3) is 0 Å². The molecule has 19 nitrogen and oxygen atoms in total. The van der Waals surface area contributed by atoms with Gasteiger partial charge in [-0.25, -0.2) is 19.7 Å². The van der Waals surface area contributed by atoms with E-state index in [1.54, 1.807) is 27.7 Å². The van der Waals surface area contributed by atoms with Crippen molar-refractivity contribution in [2.45, 2.75) is 89.9 Å². The number of methoxy groups -OCH3 is 2. The summed E-state index contributed by atoms with van der Waals surface area (Å²) in [5.41, 5.74) is 4.22. The predicted octanol–water partition coefficient (Wildman–Crippen LogP) is 0.890. The van der Waals surface area contributed by atoms with Crippen LogP contribution >= 0.6 is 18.1 Å². The van der Waals surface area contributed by atoms with Gasteiger partial charge in [0.1, 0.15) is 29.9 Å². The first kappa shape index (κ1) is 38.2. The fourth-order valence-electron chi connectivity index (χ4n) is 4.36. The summed E-state index contributed by atoms with van der Waals surface area (Å²) in [4.78, 5) is 49.6. The van der Waals surface area contributed by atoms with E-state index < -0.39 is 79.7 Å². The molecule has 1 saturated heterocycles. The number of alkyl carbamates (subject to hydrolysis) is 1. The zero-order chi connectivity index (χ0) is 35.3. The molecule has 6 N–H and O–H groups in total. The molecule has 0 spiro atoms. The number of imidazole rings is 1. The van der Waals surface area contributed by atoms with Gasteiger partial charge in [-0.15, -0.1) is 0 Å². The van der Waals surface area contributed by atoms with Gasteiger partial charge in [0, 0.05) is 5.75 Å². The molecule has 1 aliphatic rings. The lowest BCUT2D eigenvalue weighted by Crippen LogP contribution is -2.45. The van der Waals surface area contributed by atoms with Gasteiger partial charge in [-0.1, -0.05) is 11.4 Å². The normalized spacial score (nSPS) is 23.7. The van der Waals surface area contributed by atoms with Crippen molar-refractivity contribution < 1.29 is 57.4 Å². The van der Waals surface area contributed by atoms with Gasteiger partial charge in [-0.3, -0.25) is 13.9 Å². The Bertz CT molecular complexity index is 1480. The maximum Gasteiger partial charge on any atom is 0.407 e. The lowest BCUT2D eigenvalue weighted by molar-refractivity contribution is -0.150. The number of aromatic nitrogens is 4. The lowest BCUT2D eigenvalue weighted by Gasteiger charge is -2.27. The minimum Gasteiger partial charge on any atom is -0.479 e. The molecule has 0 aromatic carbocycles. The maximum atomic E-state index is 14.2. The third kappa shape index (κ3) is 9.43. The van der Waals surface area contributed by atoms with Crippen molar-refractivity contribution in [3.05, 3.63) is 6.33 Å². The van der Waals surface area contributed by atoms with E-state index in [1.165, 1.54) is 31.9 Å². The van der Waals surface area contributed by atoms with E-state index in [2.05, 4.69) is 30.1 Å². The second kappa shape index (κ2) is 15.8. The summed E-state index contributed by atoms with van der Waals surface area (Å²) in [6.45, 7) is 4.44. The van der Waals surface area contributed by atoms with Gasteiger partial charge in [-0.05, 0) is 41.5 Å². The van der Waals surface area contributed by atoms with Crippen molar-refractivity contribution in [3.63, 3.8) is 0 Å². The molecule has 21 heteroatoms. The molecule has 1 fully saturated rings. The number of nitrogens with zero attached hydrogens (tertiary/aromatic N) is 4. The van der Waals surface area contributed by atoms with Crippen LogP contribution in [0.25, 0.3) is 11.2 Å². The number of anilines is 1. The van der Waals surface area contributed by atoms with Crippen LogP contribution in [0.1, 0.15) is 47.8 Å². The van der Waals surface area contributed by atoms with E-state index in [4.69, 9.17) is 29.2 Å². The summed E-state index contributed by atoms with van der Waals surface area (Å²) < 4.78 is 47.5. The second-order valence-corrected chi connectivity index (χ2v) is 15.5. The van der Waals surface area contributed by atoms with E-state index >= 15 is 0 Å². The first-order valence-corrected chi connectivity index (χ1v) is 17.7. The topological polar surface area (TPSA) is 258 Å². The van der Waals surface area contributed by atoms with Crippen molar-refractivity contribution >= 4 is 53.2 Å². The molecule has 1 unspecified atom stereocenters. The standard InChI is InChI=1S/C26H42N7O12PS/c1-12(2)43-21(35)14(5)32-46(39,47-10-15(29-25(37)41-8)22(36)44-13(3)4)42-9-16-18(34)26(6,38)23(45-16)33-11-28-17-19(33)30-24(27)31-20(17)40-7/h11-16,18,23,34,38H,9-10H2,1-8H3,(H,29,37)(H,32,39)(H2,27,30,31)/t14-,15?,16-,18-,23-,26-,46+/m1/s1. The van der Waals surface area contributed by atoms with Crippen molar-refractivity contribution in [2.24, 2.45) is 0 Å². The number of carbonyl (C=O) groups excluding carboxylic acids is 3. The highest BCUT2D eigenvalue weighted by Gasteiger charge is 2.54. The first-order chi connectivity index (χ1) is 21.9. The van der Waals surface area contributed by atoms with Crippen LogP contribution in [-0.2, 0) is 37.6 Å². The average Bonchev–Trinajstić information content (AvgIpc) is 3.49. The molecule has 0 bridgehead atoms. The number of amides is 1. The van der Waals surface area contributed by atoms with Crippen LogP contribution in [0.4, 0.5) is 10.7 Å². The number of carbonyl (C=O) groups is 3. The fourth-order valence-corrected chi connectivity index (χ4v) is 8.21. The molecule has 47 heavy (non-hydrogen) atoms. The largest absolute Gasteiger partial charge is 0.479 e. The number of esters is 2. The predicted molar refractivity (Wildman–Crippen MR) is 167 cm³/mol. The molecule has 3 heterocycles. The molecule has 0 radical (unpaired) electrons. The van der Waals surface area contributed by atoms with Gasteiger partial charge >= 0.3 is 24.8 Å². The summed E-state index contributed by atoms with van der Waals surface area (Å²) >= 11 is 0.579. The first-order valence-electron chi connectivity index (χ1n) is 14.4. The molecule has 2 aromatic rings. The molecular formula is C26H42N7O12PS. The highest BCUT2D eigenvalue weighted by atomic mass is 32.7. The third-order valence-corrected chi connectivity index (χ3v) is 10.7. The van der Waals surface area contributed by atoms with E-state index in [-0.39, 0.29) is 28.7 Å². The van der Waals surface area contributed by atoms with Gasteiger partial charge < -0.3 is 49.5 Å². The van der Waals surface area contributed by atoms with Crippen LogP contribution in [0.2, 0.25) is 0 Å². The Morgan fingerprint density at radius 2 is 1.79 bits per heavy atom. The Morgan fingerprint density at radius 3 is 2.38 bits per heavy atom. The van der Waals surface area contributed by atoms with Gasteiger partial charge in [0.2, 0.25) is 11.8 Å². The number of nitrogens with one attached hydrogen (secondary N) is 2. The smallest absolute Gasteiger partial charge is 0.407 e. The fraction of sp³-hybridized carbons (Fsp3) is 0.692. The second-order valence-electron chi connectivity index (χ2n) is 11.2. The van der Waals surface area contributed by atoms with Crippen LogP contribution in [0.3, 0.4) is 0 Å². The number of fused-ring (bicyclic) bond motifs is 1. The number of aliphatic hydroxyl groups is 2. The van der Waals surface area contributed by atoms with Crippen molar-refractivity contribution in [2.75, 3.05) is 32.3 Å². The number of nitrogens with two attached hydrogens (primary N) is 1. The molecule has 7 atom stereocenters. The summed E-state index contributed by atoms with van der Waals surface area (Å²) in [5.74, 6) is -1.98. The van der Waals surface area contributed by atoms with Gasteiger partial charge in [0.05, 0.1) is 39.4 Å². The van der Waals surface area contributed by atoms with E-state index in [0.29, 0.717) is 11.4 Å². The van der Waals surface area contributed by atoms with E-state index in [1.807, 2.05) is 0 Å². The molecule has 1 amide bonds. The molecule has 2 aromatic heterocycles. The Morgan fingerprint density at radius 1 is 1.15 bits per heavy atom. The van der Waals surface area contributed by atoms with Gasteiger partial charge in [0.15, 0.2) is 17.4 Å².